The number of amidine groups is 1. The molecule has 3 aliphatic rings. The van der Waals surface area contributed by atoms with Crippen molar-refractivity contribution in [3.05, 3.63) is 17.9 Å². The second-order valence-corrected chi connectivity index (χ2v) is 7.47. The number of hydrogen-bond donors (Lipinski definition) is 2. The number of hydrogen-bond acceptors (Lipinski definition) is 5. The molecule has 1 saturated carbocycles. The summed E-state index contributed by atoms with van der Waals surface area (Å²) in [4.78, 5) is 6.90. The number of aliphatic imine (C=N–C) groups is 1. The van der Waals surface area contributed by atoms with Gasteiger partial charge >= 0.3 is 6.18 Å². The van der Waals surface area contributed by atoms with Gasteiger partial charge in [0.05, 0.1) is 23.0 Å². The zero-order chi connectivity index (χ0) is 17.6. The van der Waals surface area contributed by atoms with Crippen LogP contribution < -0.4 is 14.9 Å². The molecule has 0 radical (unpaired) electrons. The molecular weight excluding hydrogens is 356 g/mol. The number of benzene rings is 1. The molecule has 25 heavy (non-hydrogen) atoms. The van der Waals surface area contributed by atoms with Crippen molar-refractivity contribution in [2.75, 3.05) is 24.5 Å². The van der Waals surface area contributed by atoms with Gasteiger partial charge in [-0.2, -0.15) is 13.2 Å². The summed E-state index contributed by atoms with van der Waals surface area (Å²) in [5, 5.41) is 3.00. The first-order chi connectivity index (χ1) is 11.9. The molecule has 2 N–H and O–H groups in total. The van der Waals surface area contributed by atoms with Gasteiger partial charge in [-0.05, 0) is 36.9 Å². The number of fused-ring (bicyclic) bond motifs is 1. The second kappa shape index (κ2) is 6.35. The number of nitrogens with zero attached hydrogens (tertiary/aromatic N) is 2. The van der Waals surface area contributed by atoms with Gasteiger partial charge in [0.15, 0.2) is 0 Å². The van der Waals surface area contributed by atoms with Crippen LogP contribution in [0.15, 0.2) is 22.0 Å². The molecule has 136 valence electrons. The molecule has 2 heterocycles. The Morgan fingerprint density at radius 1 is 1.28 bits per heavy atom. The zero-order valence-electron chi connectivity index (χ0n) is 13.4. The number of rotatable bonds is 3. The SMILES string of the molecule is Fc1cc2c(c(N3CCNC[C@H]3CC(F)(F)F)c1)N=C(C1CC1)NS2. The lowest BCUT2D eigenvalue weighted by Gasteiger charge is -2.39. The third-order valence-electron chi connectivity index (χ3n) is 4.61. The van der Waals surface area contributed by atoms with Crippen molar-refractivity contribution >= 4 is 29.2 Å². The highest BCUT2D eigenvalue weighted by atomic mass is 32.2. The first kappa shape index (κ1) is 17.0. The van der Waals surface area contributed by atoms with E-state index in [0.717, 1.165) is 18.7 Å². The molecular formula is C16H18F4N4S. The summed E-state index contributed by atoms with van der Waals surface area (Å²) in [6.45, 7) is 1.17. The minimum atomic E-state index is -4.27. The molecule has 0 bridgehead atoms. The van der Waals surface area contributed by atoms with Crippen molar-refractivity contribution in [2.45, 2.75) is 36.4 Å². The predicted molar refractivity (Wildman–Crippen MR) is 89.9 cm³/mol. The Bertz CT molecular complexity index is 702. The summed E-state index contributed by atoms with van der Waals surface area (Å²) in [5.41, 5.74) is 1.04. The summed E-state index contributed by atoms with van der Waals surface area (Å²) >= 11 is 1.29. The van der Waals surface area contributed by atoms with E-state index in [1.54, 1.807) is 4.90 Å². The van der Waals surface area contributed by atoms with Crippen LogP contribution in [0.2, 0.25) is 0 Å². The van der Waals surface area contributed by atoms with Gasteiger partial charge in [0.2, 0.25) is 0 Å². The molecule has 0 unspecified atom stereocenters. The maximum absolute atomic E-state index is 14.1. The molecule has 0 amide bonds. The molecule has 1 aromatic rings. The third-order valence-corrected chi connectivity index (χ3v) is 5.45. The molecule has 1 saturated heterocycles. The molecule has 2 fully saturated rings. The van der Waals surface area contributed by atoms with E-state index in [1.807, 2.05) is 0 Å². The van der Waals surface area contributed by atoms with Crippen LogP contribution in [0.25, 0.3) is 0 Å². The van der Waals surface area contributed by atoms with E-state index in [4.69, 9.17) is 0 Å². The van der Waals surface area contributed by atoms with Crippen molar-refractivity contribution in [2.24, 2.45) is 10.9 Å². The Balaban J connectivity index is 1.72. The maximum atomic E-state index is 14.1. The molecule has 4 nitrogen and oxygen atoms in total. The fraction of sp³-hybridized carbons (Fsp3) is 0.562. The van der Waals surface area contributed by atoms with E-state index < -0.39 is 24.5 Å². The monoisotopic (exact) mass is 374 g/mol. The van der Waals surface area contributed by atoms with Crippen LogP contribution in [0.1, 0.15) is 19.3 Å². The highest BCUT2D eigenvalue weighted by molar-refractivity contribution is 7.98. The van der Waals surface area contributed by atoms with E-state index in [1.165, 1.54) is 24.1 Å². The van der Waals surface area contributed by atoms with Crippen LogP contribution in [-0.4, -0.2) is 37.7 Å². The van der Waals surface area contributed by atoms with Crippen LogP contribution in [0.3, 0.4) is 0 Å². The fourth-order valence-electron chi connectivity index (χ4n) is 3.28. The van der Waals surface area contributed by atoms with Gasteiger partial charge in [0.25, 0.3) is 0 Å². The number of anilines is 1. The van der Waals surface area contributed by atoms with Crippen LogP contribution in [0, 0.1) is 11.7 Å². The van der Waals surface area contributed by atoms with Crippen molar-refractivity contribution in [1.82, 2.24) is 10.0 Å². The first-order valence-electron chi connectivity index (χ1n) is 8.30. The van der Waals surface area contributed by atoms with E-state index in [0.29, 0.717) is 35.3 Å². The lowest BCUT2D eigenvalue weighted by molar-refractivity contribution is -0.138. The van der Waals surface area contributed by atoms with E-state index in [9.17, 15) is 17.6 Å². The standard InChI is InChI=1S/C16H18F4N4S/c17-10-5-12(24-4-3-21-8-11(24)7-16(18,19)20)14-13(6-10)25-23-15(22-14)9-1-2-9/h5-6,9,11,21H,1-4,7-8H2,(H,22,23)/t11-/m1/s1. The number of piperazine rings is 1. The number of halogens is 4. The van der Waals surface area contributed by atoms with Crippen molar-refractivity contribution < 1.29 is 17.6 Å². The molecule has 4 rings (SSSR count). The Hall–Kier alpha value is -1.48. The quantitative estimate of drug-likeness (QED) is 0.626. The van der Waals surface area contributed by atoms with Gasteiger partial charge in [-0.1, -0.05) is 0 Å². The van der Waals surface area contributed by atoms with Crippen LogP contribution in [-0.2, 0) is 0 Å². The predicted octanol–water partition coefficient (Wildman–Crippen LogP) is 3.61. The molecule has 1 atom stereocenters. The molecule has 0 aromatic heterocycles. The van der Waals surface area contributed by atoms with Gasteiger partial charge in [-0.25, -0.2) is 9.38 Å². The molecule has 2 aliphatic heterocycles. The largest absolute Gasteiger partial charge is 0.391 e. The van der Waals surface area contributed by atoms with Gasteiger partial charge < -0.3 is 14.9 Å². The Morgan fingerprint density at radius 2 is 2.08 bits per heavy atom. The smallest absolute Gasteiger partial charge is 0.364 e. The summed E-state index contributed by atoms with van der Waals surface area (Å²) in [6.07, 6.45) is -3.09. The zero-order valence-corrected chi connectivity index (χ0v) is 14.2. The van der Waals surface area contributed by atoms with Gasteiger partial charge in [-0.3, -0.25) is 0 Å². The van der Waals surface area contributed by atoms with Crippen molar-refractivity contribution in [1.29, 1.82) is 0 Å². The minimum absolute atomic E-state index is 0.218. The van der Waals surface area contributed by atoms with Crippen LogP contribution in [0.5, 0.6) is 0 Å². The summed E-state index contributed by atoms with van der Waals surface area (Å²) in [6, 6.07) is 1.93. The topological polar surface area (TPSA) is 39.7 Å². The summed E-state index contributed by atoms with van der Waals surface area (Å²) < 4.78 is 56.1. The molecule has 0 spiro atoms. The lowest BCUT2D eigenvalue weighted by atomic mass is 10.1. The highest BCUT2D eigenvalue weighted by Crippen LogP contribution is 2.45. The number of alkyl halides is 3. The average Bonchev–Trinajstić information content (AvgIpc) is 3.38. The average molecular weight is 374 g/mol. The Labute approximate surface area is 147 Å². The summed E-state index contributed by atoms with van der Waals surface area (Å²) in [7, 11) is 0. The van der Waals surface area contributed by atoms with E-state index in [-0.39, 0.29) is 6.54 Å². The third kappa shape index (κ3) is 3.72. The van der Waals surface area contributed by atoms with Crippen molar-refractivity contribution in [3.63, 3.8) is 0 Å². The normalized spacial score (nSPS) is 23.8. The molecule has 1 aromatic carbocycles. The lowest BCUT2D eigenvalue weighted by Crippen LogP contribution is -2.53. The van der Waals surface area contributed by atoms with Gasteiger partial charge in [0, 0.05) is 25.6 Å². The van der Waals surface area contributed by atoms with E-state index >= 15 is 0 Å². The van der Waals surface area contributed by atoms with Gasteiger partial charge in [-0.15, -0.1) is 0 Å². The maximum Gasteiger partial charge on any atom is 0.391 e. The highest BCUT2D eigenvalue weighted by Gasteiger charge is 2.38. The van der Waals surface area contributed by atoms with Crippen LogP contribution in [0.4, 0.5) is 28.9 Å². The minimum Gasteiger partial charge on any atom is -0.364 e. The molecule has 1 aliphatic carbocycles. The van der Waals surface area contributed by atoms with E-state index in [2.05, 4.69) is 15.0 Å². The second-order valence-electron chi connectivity index (χ2n) is 6.62. The van der Waals surface area contributed by atoms with Gasteiger partial charge in [0.1, 0.15) is 17.3 Å². The Morgan fingerprint density at radius 3 is 2.80 bits per heavy atom. The van der Waals surface area contributed by atoms with Crippen molar-refractivity contribution in [3.8, 4) is 0 Å². The Kier molecular flexibility index (Phi) is 4.31. The summed E-state index contributed by atoms with van der Waals surface area (Å²) in [5.74, 6) is 0.762. The van der Waals surface area contributed by atoms with Crippen LogP contribution >= 0.6 is 11.9 Å². The fourth-order valence-corrected chi connectivity index (χ4v) is 4.12. The number of nitrogens with one attached hydrogen (secondary N) is 2. The molecule has 9 heteroatoms. The first-order valence-corrected chi connectivity index (χ1v) is 9.11.